The molecule has 3 rings (SSSR count). The molecule has 1 saturated heterocycles. The van der Waals surface area contributed by atoms with Crippen molar-refractivity contribution in [2.75, 3.05) is 38.2 Å². The van der Waals surface area contributed by atoms with E-state index in [2.05, 4.69) is 21.1 Å². The van der Waals surface area contributed by atoms with E-state index >= 15 is 0 Å². The van der Waals surface area contributed by atoms with Gasteiger partial charge in [-0.2, -0.15) is 5.10 Å². The second-order valence-corrected chi connectivity index (χ2v) is 5.79. The topological polar surface area (TPSA) is 28.1 Å². The molecule has 6 heteroatoms. The number of hydrazone groups is 1. The lowest BCUT2D eigenvalue weighted by Gasteiger charge is -2.35. The fraction of sp³-hybridized carbons (Fsp3) is 0.278. The average Bonchev–Trinajstić information content (AvgIpc) is 2.61. The first-order chi connectivity index (χ1) is 11.3. The van der Waals surface area contributed by atoms with Gasteiger partial charge in [0.1, 0.15) is 5.75 Å². The van der Waals surface area contributed by atoms with Gasteiger partial charge in [0.05, 0.1) is 32.1 Å². The van der Waals surface area contributed by atoms with E-state index in [0.29, 0.717) is 0 Å². The van der Waals surface area contributed by atoms with Gasteiger partial charge in [0, 0.05) is 23.7 Å². The Morgan fingerprint density at radius 3 is 2.38 bits per heavy atom. The molecule has 1 aliphatic heterocycles. The van der Waals surface area contributed by atoms with E-state index < -0.39 is 0 Å². The van der Waals surface area contributed by atoms with Crippen LogP contribution in [-0.4, -0.2) is 44.5 Å². The summed E-state index contributed by atoms with van der Waals surface area (Å²) in [7, 11) is 1.71. The van der Waals surface area contributed by atoms with Crippen molar-refractivity contribution in [1.82, 2.24) is 5.01 Å². The number of hydrogen-bond donors (Lipinski definition) is 0. The molecule has 2 aromatic rings. The van der Waals surface area contributed by atoms with Crippen molar-refractivity contribution < 1.29 is 4.74 Å². The Morgan fingerprint density at radius 2 is 1.67 bits per heavy atom. The van der Waals surface area contributed by atoms with Crippen LogP contribution in [0.25, 0.3) is 0 Å². The number of ether oxygens (including phenoxy) is 1. The molecular formula is C18H21Cl2N3O. The van der Waals surface area contributed by atoms with Crippen molar-refractivity contribution in [2.45, 2.75) is 0 Å². The van der Waals surface area contributed by atoms with Gasteiger partial charge in [-0.15, -0.1) is 12.4 Å². The van der Waals surface area contributed by atoms with Crippen LogP contribution in [0.4, 0.5) is 5.69 Å². The van der Waals surface area contributed by atoms with Crippen molar-refractivity contribution in [3.05, 3.63) is 59.1 Å². The van der Waals surface area contributed by atoms with Gasteiger partial charge in [0.25, 0.3) is 0 Å². The Kier molecular flexibility index (Phi) is 6.76. The molecule has 1 heterocycles. The highest BCUT2D eigenvalue weighted by Gasteiger charge is 2.18. The number of hydrogen-bond acceptors (Lipinski definition) is 4. The molecule has 0 N–H and O–H groups in total. The molecule has 128 valence electrons. The predicted molar refractivity (Wildman–Crippen MR) is 103 cm³/mol. The van der Waals surface area contributed by atoms with Crippen LogP contribution >= 0.6 is 24.0 Å². The standard InChI is InChI=1S/C18H20ClN3O.ClH/c1-23-18-9-5-4-8-17(18)21-10-12-22(13-11-21)20-14-15-6-2-3-7-16(15)19;/h2-9,14H,10-13H2,1H3;1H/b20-14-;. The van der Waals surface area contributed by atoms with E-state index in [1.54, 1.807) is 7.11 Å². The van der Waals surface area contributed by atoms with Crippen LogP contribution in [0.15, 0.2) is 53.6 Å². The van der Waals surface area contributed by atoms with Crippen molar-refractivity contribution in [2.24, 2.45) is 5.10 Å². The smallest absolute Gasteiger partial charge is 0.142 e. The minimum Gasteiger partial charge on any atom is -0.495 e. The van der Waals surface area contributed by atoms with Gasteiger partial charge in [-0.25, -0.2) is 0 Å². The van der Waals surface area contributed by atoms with Crippen LogP contribution in [0.5, 0.6) is 5.75 Å². The normalized spacial score (nSPS) is 14.6. The molecule has 0 bridgehead atoms. The van der Waals surface area contributed by atoms with E-state index in [-0.39, 0.29) is 12.4 Å². The average molecular weight is 366 g/mol. The maximum Gasteiger partial charge on any atom is 0.142 e. The van der Waals surface area contributed by atoms with E-state index in [0.717, 1.165) is 48.2 Å². The first-order valence-electron chi connectivity index (χ1n) is 7.69. The number of para-hydroxylation sites is 2. The first-order valence-corrected chi connectivity index (χ1v) is 8.07. The summed E-state index contributed by atoms with van der Waals surface area (Å²) in [4.78, 5) is 2.33. The highest BCUT2D eigenvalue weighted by Crippen LogP contribution is 2.28. The Morgan fingerprint density at radius 1 is 1.00 bits per heavy atom. The largest absolute Gasteiger partial charge is 0.495 e. The summed E-state index contributed by atoms with van der Waals surface area (Å²) >= 11 is 6.15. The molecule has 2 aromatic carbocycles. The van der Waals surface area contributed by atoms with Gasteiger partial charge in [-0.1, -0.05) is 41.9 Å². The zero-order valence-electron chi connectivity index (χ0n) is 13.6. The van der Waals surface area contributed by atoms with Gasteiger partial charge in [0.15, 0.2) is 0 Å². The van der Waals surface area contributed by atoms with Crippen LogP contribution in [-0.2, 0) is 0 Å². The third kappa shape index (κ3) is 4.34. The van der Waals surface area contributed by atoms with E-state index in [1.165, 1.54) is 0 Å². The lowest BCUT2D eigenvalue weighted by Crippen LogP contribution is -2.44. The van der Waals surface area contributed by atoms with Crippen LogP contribution < -0.4 is 9.64 Å². The van der Waals surface area contributed by atoms with Crippen LogP contribution in [0.3, 0.4) is 0 Å². The Balaban J connectivity index is 0.00000208. The summed E-state index contributed by atoms with van der Waals surface area (Å²) in [5, 5.41) is 7.36. The van der Waals surface area contributed by atoms with Crippen molar-refractivity contribution >= 4 is 35.9 Å². The number of piperazine rings is 1. The molecular weight excluding hydrogens is 345 g/mol. The summed E-state index contributed by atoms with van der Waals surface area (Å²) < 4.78 is 5.44. The molecule has 24 heavy (non-hydrogen) atoms. The maximum atomic E-state index is 6.15. The summed E-state index contributed by atoms with van der Waals surface area (Å²) in [5.41, 5.74) is 2.09. The first kappa shape index (κ1) is 18.4. The van der Waals surface area contributed by atoms with Gasteiger partial charge in [-0.3, -0.25) is 5.01 Å². The lowest BCUT2D eigenvalue weighted by atomic mass is 10.2. The summed E-state index contributed by atoms with van der Waals surface area (Å²) in [6.07, 6.45) is 1.83. The predicted octanol–water partition coefficient (Wildman–Crippen LogP) is 3.93. The highest BCUT2D eigenvalue weighted by atomic mass is 35.5. The second-order valence-electron chi connectivity index (χ2n) is 5.38. The second kappa shape index (κ2) is 8.81. The fourth-order valence-corrected chi connectivity index (χ4v) is 2.85. The zero-order valence-corrected chi connectivity index (χ0v) is 15.1. The molecule has 0 amide bonds. The number of methoxy groups -OCH3 is 1. The molecule has 1 aliphatic rings. The number of anilines is 1. The van der Waals surface area contributed by atoms with Gasteiger partial charge < -0.3 is 9.64 Å². The molecule has 4 nitrogen and oxygen atoms in total. The van der Waals surface area contributed by atoms with E-state index in [9.17, 15) is 0 Å². The molecule has 0 aromatic heterocycles. The number of benzene rings is 2. The molecule has 0 unspecified atom stereocenters. The number of rotatable bonds is 4. The molecule has 0 atom stereocenters. The van der Waals surface area contributed by atoms with Gasteiger partial charge in [0.2, 0.25) is 0 Å². The van der Waals surface area contributed by atoms with Crippen LogP contribution in [0, 0.1) is 0 Å². The molecule has 0 spiro atoms. The molecule has 0 aliphatic carbocycles. The fourth-order valence-electron chi connectivity index (χ4n) is 2.67. The van der Waals surface area contributed by atoms with Gasteiger partial charge in [-0.05, 0) is 18.2 Å². The quantitative estimate of drug-likeness (QED) is 0.768. The third-order valence-corrected chi connectivity index (χ3v) is 4.29. The zero-order chi connectivity index (χ0) is 16.1. The monoisotopic (exact) mass is 365 g/mol. The summed E-state index contributed by atoms with van der Waals surface area (Å²) in [6.45, 7) is 3.58. The van der Waals surface area contributed by atoms with Crippen LogP contribution in [0.2, 0.25) is 5.02 Å². The lowest BCUT2D eigenvalue weighted by molar-refractivity contribution is 0.271. The Bertz CT molecular complexity index is 685. The highest BCUT2D eigenvalue weighted by molar-refractivity contribution is 6.33. The van der Waals surface area contributed by atoms with Crippen molar-refractivity contribution in [3.8, 4) is 5.75 Å². The van der Waals surface area contributed by atoms with Crippen LogP contribution in [0.1, 0.15) is 5.56 Å². The molecule has 0 radical (unpaired) electrons. The Hall–Kier alpha value is -1.91. The summed E-state index contributed by atoms with van der Waals surface area (Å²) in [6, 6.07) is 15.9. The number of nitrogens with zero attached hydrogens (tertiary/aromatic N) is 3. The SMILES string of the molecule is COc1ccccc1N1CCN(/N=C\c2ccccc2Cl)CC1.Cl. The van der Waals surface area contributed by atoms with Gasteiger partial charge >= 0.3 is 0 Å². The minimum atomic E-state index is 0. The van der Waals surface area contributed by atoms with E-state index in [1.807, 2.05) is 48.7 Å². The molecule has 1 fully saturated rings. The maximum absolute atomic E-state index is 6.15. The number of halogens is 2. The van der Waals surface area contributed by atoms with Crippen molar-refractivity contribution in [1.29, 1.82) is 0 Å². The summed E-state index contributed by atoms with van der Waals surface area (Å²) in [5.74, 6) is 0.917. The Labute approximate surface area is 154 Å². The minimum absolute atomic E-state index is 0. The van der Waals surface area contributed by atoms with Crippen molar-refractivity contribution in [3.63, 3.8) is 0 Å². The molecule has 0 saturated carbocycles. The third-order valence-electron chi connectivity index (χ3n) is 3.95. The van der Waals surface area contributed by atoms with E-state index in [4.69, 9.17) is 16.3 Å².